The van der Waals surface area contributed by atoms with Crippen molar-refractivity contribution >= 4 is 6.03 Å². The Balaban J connectivity index is 2.09. The molecule has 1 saturated heterocycles. The predicted molar refractivity (Wildman–Crippen MR) is 66.5 cm³/mol. The molecule has 0 saturated carbocycles. The third-order valence-electron chi connectivity index (χ3n) is 3.06. The zero-order valence-electron chi connectivity index (χ0n) is 10.8. The fourth-order valence-corrected chi connectivity index (χ4v) is 1.86. The van der Waals surface area contributed by atoms with Crippen LogP contribution in [-0.2, 0) is 0 Å². The first-order valence-corrected chi connectivity index (χ1v) is 6.31. The molecule has 0 bridgehead atoms. The third-order valence-corrected chi connectivity index (χ3v) is 3.06. The molecule has 1 rings (SSSR count). The van der Waals surface area contributed by atoms with E-state index in [1.807, 2.05) is 0 Å². The maximum atomic E-state index is 11.5. The van der Waals surface area contributed by atoms with Gasteiger partial charge in [-0.25, -0.2) is 4.79 Å². The Bertz CT molecular complexity index is 210. The first-order chi connectivity index (χ1) is 7.58. The summed E-state index contributed by atoms with van der Waals surface area (Å²) in [6, 6.07) is 0.352. The second kappa shape index (κ2) is 6.74. The average molecular weight is 227 g/mol. The number of urea groups is 1. The van der Waals surface area contributed by atoms with E-state index in [-0.39, 0.29) is 6.03 Å². The number of amides is 2. The monoisotopic (exact) mass is 227 g/mol. The van der Waals surface area contributed by atoms with Crippen LogP contribution in [0.4, 0.5) is 4.79 Å². The maximum absolute atomic E-state index is 11.5. The molecule has 0 radical (unpaired) electrons. The Morgan fingerprint density at radius 3 is 2.56 bits per heavy atom. The zero-order valence-corrected chi connectivity index (χ0v) is 10.8. The van der Waals surface area contributed by atoms with Crippen LogP contribution in [0.2, 0.25) is 0 Å². The molecule has 16 heavy (non-hydrogen) atoms. The van der Waals surface area contributed by atoms with Crippen LogP contribution in [0.5, 0.6) is 0 Å². The number of carbonyl (C=O) groups is 1. The van der Waals surface area contributed by atoms with Crippen molar-refractivity contribution in [3.8, 4) is 0 Å². The van der Waals surface area contributed by atoms with Gasteiger partial charge in [0.25, 0.3) is 0 Å². The van der Waals surface area contributed by atoms with Crippen molar-refractivity contribution in [2.75, 3.05) is 26.7 Å². The molecule has 4 nitrogen and oxygen atoms in total. The molecule has 0 atom stereocenters. The van der Waals surface area contributed by atoms with Crippen LogP contribution >= 0.6 is 0 Å². The largest absolute Gasteiger partial charge is 0.338 e. The van der Waals surface area contributed by atoms with Gasteiger partial charge in [-0.05, 0) is 45.3 Å². The first-order valence-electron chi connectivity index (χ1n) is 6.31. The Morgan fingerprint density at radius 1 is 1.38 bits per heavy atom. The molecule has 1 aliphatic heterocycles. The van der Waals surface area contributed by atoms with Crippen LogP contribution in [-0.4, -0.2) is 43.7 Å². The van der Waals surface area contributed by atoms with Gasteiger partial charge in [0.15, 0.2) is 0 Å². The number of carbonyl (C=O) groups excluding carboxylic acids is 1. The lowest BCUT2D eigenvalue weighted by molar-refractivity contribution is 0.213. The number of hydrogen-bond donors (Lipinski definition) is 2. The fraction of sp³-hybridized carbons (Fsp3) is 0.917. The number of nitrogens with one attached hydrogen (secondary N) is 2. The SMILES string of the molecule is CC(C)CCNC(=O)NC1CCN(C)CC1. The maximum Gasteiger partial charge on any atom is 0.315 e. The lowest BCUT2D eigenvalue weighted by Gasteiger charge is -2.29. The quantitative estimate of drug-likeness (QED) is 0.763. The standard InChI is InChI=1S/C12H25N3O/c1-10(2)4-7-13-12(16)14-11-5-8-15(3)9-6-11/h10-11H,4-9H2,1-3H3,(H2,13,14,16). The highest BCUT2D eigenvalue weighted by Crippen LogP contribution is 2.07. The van der Waals surface area contributed by atoms with Gasteiger partial charge in [-0.3, -0.25) is 0 Å². The smallest absolute Gasteiger partial charge is 0.315 e. The second-order valence-corrected chi connectivity index (χ2v) is 5.16. The van der Waals surface area contributed by atoms with Gasteiger partial charge in [0, 0.05) is 12.6 Å². The van der Waals surface area contributed by atoms with E-state index in [1.165, 1.54) is 0 Å². The molecular weight excluding hydrogens is 202 g/mol. The zero-order chi connectivity index (χ0) is 12.0. The highest BCUT2D eigenvalue weighted by Gasteiger charge is 2.17. The van der Waals surface area contributed by atoms with Crippen LogP contribution in [0.25, 0.3) is 0 Å². The van der Waals surface area contributed by atoms with Crippen LogP contribution in [0.1, 0.15) is 33.1 Å². The number of nitrogens with zero attached hydrogens (tertiary/aromatic N) is 1. The summed E-state index contributed by atoms with van der Waals surface area (Å²) in [5.41, 5.74) is 0. The van der Waals surface area contributed by atoms with Gasteiger partial charge < -0.3 is 15.5 Å². The molecule has 1 fully saturated rings. The lowest BCUT2D eigenvalue weighted by Crippen LogP contribution is -2.47. The van der Waals surface area contributed by atoms with Gasteiger partial charge >= 0.3 is 6.03 Å². The minimum atomic E-state index is -0.00444. The van der Waals surface area contributed by atoms with Gasteiger partial charge in [-0.2, -0.15) is 0 Å². The molecule has 2 N–H and O–H groups in total. The van der Waals surface area contributed by atoms with Crippen molar-refractivity contribution in [1.29, 1.82) is 0 Å². The van der Waals surface area contributed by atoms with E-state index in [4.69, 9.17) is 0 Å². The van der Waals surface area contributed by atoms with Crippen molar-refractivity contribution in [1.82, 2.24) is 15.5 Å². The molecule has 0 aromatic heterocycles. The summed E-state index contributed by atoms with van der Waals surface area (Å²) in [6.45, 7) is 7.26. The van der Waals surface area contributed by atoms with Crippen molar-refractivity contribution in [2.24, 2.45) is 5.92 Å². The first kappa shape index (κ1) is 13.3. The van der Waals surface area contributed by atoms with Crippen LogP contribution in [0, 0.1) is 5.92 Å². The summed E-state index contributed by atoms with van der Waals surface area (Å²) in [6.07, 6.45) is 3.17. The van der Waals surface area contributed by atoms with E-state index in [1.54, 1.807) is 0 Å². The highest BCUT2D eigenvalue weighted by atomic mass is 16.2. The lowest BCUT2D eigenvalue weighted by atomic mass is 10.1. The van der Waals surface area contributed by atoms with Crippen LogP contribution < -0.4 is 10.6 Å². The number of piperidine rings is 1. The molecule has 2 amide bonds. The molecular formula is C12H25N3O. The van der Waals surface area contributed by atoms with E-state index in [0.717, 1.165) is 38.9 Å². The van der Waals surface area contributed by atoms with E-state index in [9.17, 15) is 4.79 Å². The fourth-order valence-electron chi connectivity index (χ4n) is 1.86. The van der Waals surface area contributed by atoms with Gasteiger partial charge in [0.1, 0.15) is 0 Å². The summed E-state index contributed by atoms with van der Waals surface area (Å²) in [5.74, 6) is 0.642. The molecule has 1 heterocycles. The topological polar surface area (TPSA) is 44.4 Å². The van der Waals surface area contributed by atoms with Crippen molar-refractivity contribution in [3.05, 3.63) is 0 Å². The molecule has 0 aromatic rings. The minimum absolute atomic E-state index is 0.00444. The highest BCUT2D eigenvalue weighted by molar-refractivity contribution is 5.74. The minimum Gasteiger partial charge on any atom is -0.338 e. The summed E-state index contributed by atoms with van der Waals surface area (Å²) >= 11 is 0. The molecule has 94 valence electrons. The molecule has 0 aliphatic carbocycles. The van der Waals surface area contributed by atoms with Crippen molar-refractivity contribution in [3.63, 3.8) is 0 Å². The van der Waals surface area contributed by atoms with Gasteiger partial charge in [0.2, 0.25) is 0 Å². The van der Waals surface area contributed by atoms with Gasteiger partial charge in [0.05, 0.1) is 0 Å². The normalized spacial score (nSPS) is 18.8. The Labute approximate surface area is 98.8 Å². The molecule has 0 unspecified atom stereocenters. The Morgan fingerprint density at radius 2 is 2.00 bits per heavy atom. The summed E-state index contributed by atoms with van der Waals surface area (Å²) < 4.78 is 0. The van der Waals surface area contributed by atoms with E-state index in [2.05, 4.69) is 36.4 Å². The third kappa shape index (κ3) is 5.35. The van der Waals surface area contributed by atoms with Crippen molar-refractivity contribution in [2.45, 2.75) is 39.2 Å². The molecule has 0 aromatic carbocycles. The molecule has 0 spiro atoms. The number of likely N-dealkylation sites (tertiary alicyclic amines) is 1. The summed E-state index contributed by atoms with van der Waals surface area (Å²) in [5, 5.41) is 5.95. The Hall–Kier alpha value is -0.770. The Kier molecular flexibility index (Phi) is 5.60. The molecule has 4 heteroatoms. The second-order valence-electron chi connectivity index (χ2n) is 5.16. The van der Waals surface area contributed by atoms with E-state index < -0.39 is 0 Å². The van der Waals surface area contributed by atoms with E-state index >= 15 is 0 Å². The summed E-state index contributed by atoms with van der Waals surface area (Å²) in [4.78, 5) is 13.8. The number of rotatable bonds is 4. The van der Waals surface area contributed by atoms with Gasteiger partial charge in [-0.1, -0.05) is 13.8 Å². The average Bonchev–Trinajstić information content (AvgIpc) is 2.21. The predicted octanol–water partition coefficient (Wildman–Crippen LogP) is 1.43. The van der Waals surface area contributed by atoms with Gasteiger partial charge in [-0.15, -0.1) is 0 Å². The van der Waals surface area contributed by atoms with Crippen LogP contribution in [0.3, 0.4) is 0 Å². The number of hydrogen-bond acceptors (Lipinski definition) is 2. The van der Waals surface area contributed by atoms with Crippen LogP contribution in [0.15, 0.2) is 0 Å². The van der Waals surface area contributed by atoms with E-state index in [0.29, 0.717) is 12.0 Å². The summed E-state index contributed by atoms with van der Waals surface area (Å²) in [7, 11) is 2.12. The van der Waals surface area contributed by atoms with Crippen molar-refractivity contribution < 1.29 is 4.79 Å². The molecule has 1 aliphatic rings.